The number of nitrogens with zero attached hydrogens (tertiary/aromatic N) is 1. The monoisotopic (exact) mass is 360 g/mol. The summed E-state index contributed by atoms with van der Waals surface area (Å²) in [5.41, 5.74) is 3.48. The Morgan fingerprint density at radius 3 is 2.26 bits per heavy atom. The van der Waals surface area contributed by atoms with Crippen molar-refractivity contribution in [2.24, 2.45) is 0 Å². The number of hydrogen-bond donors (Lipinski definition) is 1. The van der Waals surface area contributed by atoms with Gasteiger partial charge in [0, 0.05) is 5.69 Å². The Bertz CT molecular complexity index is 990. The van der Waals surface area contributed by atoms with Gasteiger partial charge < -0.3 is 10.1 Å². The maximum atomic E-state index is 13.5. The SMILES string of the molecule is Cc1ccc(NC(=O)COc2ccc(-c3ccc(C#N)cc3)cc2)cc1F. The third-order valence-electron chi connectivity index (χ3n) is 4.03. The molecule has 0 spiro atoms. The van der Waals surface area contributed by atoms with E-state index < -0.39 is 0 Å². The molecular weight excluding hydrogens is 343 g/mol. The first kappa shape index (κ1) is 18.2. The van der Waals surface area contributed by atoms with Crippen LogP contribution in [0.25, 0.3) is 11.1 Å². The van der Waals surface area contributed by atoms with Crippen LogP contribution >= 0.6 is 0 Å². The average Bonchev–Trinajstić information content (AvgIpc) is 2.70. The van der Waals surface area contributed by atoms with E-state index in [2.05, 4.69) is 11.4 Å². The van der Waals surface area contributed by atoms with Gasteiger partial charge in [-0.3, -0.25) is 4.79 Å². The van der Waals surface area contributed by atoms with E-state index in [1.807, 2.05) is 24.3 Å². The van der Waals surface area contributed by atoms with Crippen LogP contribution in [0.1, 0.15) is 11.1 Å². The highest BCUT2D eigenvalue weighted by atomic mass is 19.1. The molecule has 0 saturated carbocycles. The Morgan fingerprint density at radius 1 is 1.04 bits per heavy atom. The van der Waals surface area contributed by atoms with Crippen LogP contribution < -0.4 is 10.1 Å². The number of benzene rings is 3. The Hall–Kier alpha value is -3.65. The molecule has 1 N–H and O–H groups in total. The Labute approximate surface area is 156 Å². The number of nitrogens with one attached hydrogen (secondary N) is 1. The third-order valence-corrected chi connectivity index (χ3v) is 4.03. The molecule has 0 aliphatic rings. The molecule has 0 saturated heterocycles. The van der Waals surface area contributed by atoms with Crippen LogP contribution in [0.5, 0.6) is 5.75 Å². The molecule has 3 aromatic carbocycles. The van der Waals surface area contributed by atoms with Gasteiger partial charge in [-0.2, -0.15) is 5.26 Å². The van der Waals surface area contributed by atoms with E-state index in [1.165, 1.54) is 6.07 Å². The van der Waals surface area contributed by atoms with Crippen LogP contribution in [0.2, 0.25) is 0 Å². The topological polar surface area (TPSA) is 62.1 Å². The largest absolute Gasteiger partial charge is 0.484 e. The van der Waals surface area contributed by atoms with Crippen molar-refractivity contribution in [1.82, 2.24) is 0 Å². The summed E-state index contributed by atoms with van der Waals surface area (Å²) in [6.45, 7) is 1.48. The van der Waals surface area contributed by atoms with Gasteiger partial charge in [-0.05, 0) is 60.0 Å². The molecule has 0 aliphatic carbocycles. The van der Waals surface area contributed by atoms with E-state index in [0.717, 1.165) is 11.1 Å². The summed E-state index contributed by atoms with van der Waals surface area (Å²) in [5, 5.41) is 11.4. The van der Waals surface area contributed by atoms with Gasteiger partial charge in [-0.1, -0.05) is 30.3 Å². The zero-order valence-corrected chi connectivity index (χ0v) is 14.7. The number of rotatable bonds is 5. The fourth-order valence-electron chi connectivity index (χ4n) is 2.50. The van der Waals surface area contributed by atoms with Crippen LogP contribution in [0.15, 0.2) is 66.7 Å². The maximum Gasteiger partial charge on any atom is 0.262 e. The lowest BCUT2D eigenvalue weighted by Gasteiger charge is -2.09. The number of aryl methyl sites for hydroxylation is 1. The normalized spacial score (nSPS) is 10.1. The molecule has 27 heavy (non-hydrogen) atoms. The van der Waals surface area contributed by atoms with Crippen molar-refractivity contribution in [1.29, 1.82) is 5.26 Å². The van der Waals surface area contributed by atoms with Crippen LogP contribution in [0, 0.1) is 24.1 Å². The van der Waals surface area contributed by atoms with Gasteiger partial charge in [0.25, 0.3) is 5.91 Å². The van der Waals surface area contributed by atoms with Crippen LogP contribution in [0.4, 0.5) is 10.1 Å². The number of nitriles is 1. The fourth-order valence-corrected chi connectivity index (χ4v) is 2.50. The van der Waals surface area contributed by atoms with Crippen molar-refractivity contribution in [3.63, 3.8) is 0 Å². The summed E-state index contributed by atoms with van der Waals surface area (Å²) in [6.07, 6.45) is 0. The van der Waals surface area contributed by atoms with Gasteiger partial charge in [-0.25, -0.2) is 4.39 Å². The number of carbonyl (C=O) groups excluding carboxylic acids is 1. The van der Waals surface area contributed by atoms with Crippen molar-refractivity contribution < 1.29 is 13.9 Å². The lowest BCUT2D eigenvalue weighted by molar-refractivity contribution is -0.118. The molecular formula is C22H17FN2O2. The molecule has 3 aromatic rings. The molecule has 4 nitrogen and oxygen atoms in total. The second-order valence-corrected chi connectivity index (χ2v) is 6.01. The summed E-state index contributed by atoms with van der Waals surface area (Å²) in [4.78, 5) is 11.9. The molecule has 5 heteroatoms. The molecule has 134 valence electrons. The molecule has 0 fully saturated rings. The molecule has 0 aromatic heterocycles. The Balaban J connectivity index is 1.57. The number of anilines is 1. The second-order valence-electron chi connectivity index (χ2n) is 6.01. The van der Waals surface area contributed by atoms with E-state index in [-0.39, 0.29) is 18.3 Å². The Morgan fingerprint density at radius 2 is 1.67 bits per heavy atom. The van der Waals surface area contributed by atoms with Gasteiger partial charge >= 0.3 is 0 Å². The molecule has 3 rings (SSSR count). The maximum absolute atomic E-state index is 13.5. The average molecular weight is 360 g/mol. The van der Waals surface area contributed by atoms with Gasteiger partial charge in [0.2, 0.25) is 0 Å². The van der Waals surface area contributed by atoms with Crippen LogP contribution in [0.3, 0.4) is 0 Å². The minimum absolute atomic E-state index is 0.175. The summed E-state index contributed by atoms with van der Waals surface area (Å²) in [5.74, 6) is -0.181. The predicted octanol–water partition coefficient (Wildman–Crippen LogP) is 4.69. The lowest BCUT2D eigenvalue weighted by atomic mass is 10.0. The molecule has 1 amide bonds. The van der Waals surface area contributed by atoms with Gasteiger partial charge in [-0.15, -0.1) is 0 Å². The first-order chi connectivity index (χ1) is 13.0. The molecule has 0 unspecified atom stereocenters. The molecule has 0 radical (unpaired) electrons. The van der Waals surface area contributed by atoms with Crippen molar-refractivity contribution in [2.75, 3.05) is 11.9 Å². The van der Waals surface area contributed by atoms with Crippen LogP contribution in [-0.4, -0.2) is 12.5 Å². The van der Waals surface area contributed by atoms with Crippen molar-refractivity contribution in [3.8, 4) is 22.9 Å². The van der Waals surface area contributed by atoms with E-state index >= 15 is 0 Å². The fraction of sp³-hybridized carbons (Fsp3) is 0.0909. The predicted molar refractivity (Wildman–Crippen MR) is 102 cm³/mol. The standard InChI is InChI=1S/C22H17FN2O2/c1-15-2-9-19(12-21(15)23)25-22(26)14-27-20-10-7-18(8-11-20)17-5-3-16(13-24)4-6-17/h2-12H,14H2,1H3,(H,25,26). The minimum Gasteiger partial charge on any atom is -0.484 e. The highest BCUT2D eigenvalue weighted by molar-refractivity contribution is 5.91. The Kier molecular flexibility index (Phi) is 5.48. The van der Waals surface area contributed by atoms with Gasteiger partial charge in [0.05, 0.1) is 11.6 Å². The van der Waals surface area contributed by atoms with E-state index in [4.69, 9.17) is 10.00 Å². The third kappa shape index (κ3) is 4.71. The zero-order valence-electron chi connectivity index (χ0n) is 14.7. The minimum atomic E-state index is -0.368. The highest BCUT2D eigenvalue weighted by Crippen LogP contribution is 2.23. The molecule has 0 bridgehead atoms. The lowest BCUT2D eigenvalue weighted by Crippen LogP contribution is -2.20. The second kappa shape index (κ2) is 8.15. The number of amides is 1. The molecule has 0 heterocycles. The van der Waals surface area contributed by atoms with E-state index in [0.29, 0.717) is 22.6 Å². The van der Waals surface area contributed by atoms with E-state index in [9.17, 15) is 9.18 Å². The van der Waals surface area contributed by atoms with Gasteiger partial charge in [0.1, 0.15) is 11.6 Å². The quantitative estimate of drug-likeness (QED) is 0.718. The highest BCUT2D eigenvalue weighted by Gasteiger charge is 2.06. The van der Waals surface area contributed by atoms with E-state index in [1.54, 1.807) is 43.3 Å². The smallest absolute Gasteiger partial charge is 0.262 e. The van der Waals surface area contributed by atoms with Gasteiger partial charge in [0.15, 0.2) is 6.61 Å². The number of ether oxygens (including phenoxy) is 1. The van der Waals surface area contributed by atoms with Crippen molar-refractivity contribution >= 4 is 11.6 Å². The first-order valence-corrected chi connectivity index (χ1v) is 8.34. The summed E-state index contributed by atoms with van der Waals surface area (Å²) in [6, 6.07) is 21.2. The number of halogens is 1. The molecule has 0 atom stereocenters. The first-order valence-electron chi connectivity index (χ1n) is 8.34. The zero-order chi connectivity index (χ0) is 19.2. The van der Waals surface area contributed by atoms with Crippen molar-refractivity contribution in [2.45, 2.75) is 6.92 Å². The summed E-state index contributed by atoms with van der Waals surface area (Å²) in [7, 11) is 0. The number of carbonyl (C=O) groups is 1. The van der Waals surface area contributed by atoms with Crippen LogP contribution in [-0.2, 0) is 4.79 Å². The number of hydrogen-bond acceptors (Lipinski definition) is 3. The summed E-state index contributed by atoms with van der Waals surface area (Å²) < 4.78 is 19.0. The molecule has 0 aliphatic heterocycles. The van der Waals surface area contributed by atoms with Crippen molar-refractivity contribution in [3.05, 3.63) is 83.7 Å². The summed E-state index contributed by atoms with van der Waals surface area (Å²) >= 11 is 0.